The van der Waals surface area contributed by atoms with E-state index >= 15 is 0 Å². The van der Waals surface area contributed by atoms with Crippen LogP contribution in [-0.4, -0.2) is 19.1 Å². The molecule has 4 nitrogen and oxygen atoms in total. The smallest absolute Gasteiger partial charge is 0.242 e. The van der Waals surface area contributed by atoms with E-state index in [-0.39, 0.29) is 21.5 Å². The standard InChI is InChI=1S/C13H19Cl2NO3S/c1-4-13(3,5-2)16-20(18,19)12-6-9(8-17)10(14)7-11(12)15/h6-7,16-17H,4-5,8H2,1-3H3. The Bertz CT molecular complexity index is 584. The van der Waals surface area contributed by atoms with E-state index in [9.17, 15) is 13.5 Å². The molecule has 0 heterocycles. The maximum atomic E-state index is 12.4. The number of halogens is 2. The predicted octanol–water partition coefficient (Wildman–Crippen LogP) is 3.34. The van der Waals surface area contributed by atoms with Crippen molar-refractivity contribution in [1.82, 2.24) is 4.72 Å². The van der Waals surface area contributed by atoms with Crippen molar-refractivity contribution in [2.24, 2.45) is 0 Å². The molecule has 0 saturated heterocycles. The molecule has 0 saturated carbocycles. The lowest BCUT2D eigenvalue weighted by Crippen LogP contribution is -2.44. The minimum absolute atomic E-state index is 0.0363. The maximum absolute atomic E-state index is 12.4. The minimum Gasteiger partial charge on any atom is -0.392 e. The first kappa shape index (κ1) is 17.7. The molecule has 1 aromatic carbocycles. The van der Waals surface area contributed by atoms with E-state index in [1.54, 1.807) is 0 Å². The van der Waals surface area contributed by atoms with E-state index in [0.29, 0.717) is 18.4 Å². The van der Waals surface area contributed by atoms with Gasteiger partial charge in [-0.3, -0.25) is 0 Å². The van der Waals surface area contributed by atoms with Gasteiger partial charge in [0.05, 0.1) is 11.6 Å². The fourth-order valence-electron chi connectivity index (χ4n) is 1.67. The van der Waals surface area contributed by atoms with Gasteiger partial charge in [0, 0.05) is 10.6 Å². The van der Waals surface area contributed by atoms with Crippen molar-refractivity contribution in [2.75, 3.05) is 0 Å². The molecular weight excluding hydrogens is 321 g/mol. The average molecular weight is 340 g/mol. The highest BCUT2D eigenvalue weighted by atomic mass is 35.5. The summed E-state index contributed by atoms with van der Waals surface area (Å²) in [6.45, 7) is 5.31. The van der Waals surface area contributed by atoms with Crippen LogP contribution in [0.15, 0.2) is 17.0 Å². The van der Waals surface area contributed by atoms with E-state index in [4.69, 9.17) is 23.2 Å². The van der Waals surface area contributed by atoms with Crippen LogP contribution in [0.2, 0.25) is 10.0 Å². The fraction of sp³-hybridized carbons (Fsp3) is 0.538. The molecule has 1 aromatic rings. The van der Waals surface area contributed by atoms with E-state index < -0.39 is 15.6 Å². The molecule has 0 bridgehead atoms. The van der Waals surface area contributed by atoms with Crippen LogP contribution in [0.25, 0.3) is 0 Å². The van der Waals surface area contributed by atoms with Crippen LogP contribution in [0.4, 0.5) is 0 Å². The number of hydrogen-bond donors (Lipinski definition) is 2. The lowest BCUT2D eigenvalue weighted by atomic mass is 9.98. The van der Waals surface area contributed by atoms with Crippen molar-refractivity contribution >= 4 is 33.2 Å². The molecule has 2 N–H and O–H groups in total. The highest BCUT2D eigenvalue weighted by molar-refractivity contribution is 7.89. The number of rotatable bonds is 6. The molecule has 0 aliphatic heterocycles. The molecule has 20 heavy (non-hydrogen) atoms. The topological polar surface area (TPSA) is 66.4 Å². The van der Waals surface area contributed by atoms with Crippen molar-refractivity contribution in [1.29, 1.82) is 0 Å². The zero-order chi connectivity index (χ0) is 15.6. The lowest BCUT2D eigenvalue weighted by Gasteiger charge is -2.28. The molecule has 1 rings (SSSR count). The van der Waals surface area contributed by atoms with Gasteiger partial charge in [-0.15, -0.1) is 0 Å². The summed E-state index contributed by atoms with van der Waals surface area (Å²) < 4.78 is 27.6. The molecule has 0 atom stereocenters. The second kappa shape index (κ2) is 6.62. The van der Waals surface area contributed by atoms with Crippen LogP contribution < -0.4 is 4.72 Å². The zero-order valence-electron chi connectivity index (χ0n) is 11.7. The van der Waals surface area contributed by atoms with Gasteiger partial charge >= 0.3 is 0 Å². The third kappa shape index (κ3) is 3.86. The Morgan fingerprint density at radius 1 is 1.20 bits per heavy atom. The van der Waals surface area contributed by atoms with Gasteiger partial charge in [0.15, 0.2) is 0 Å². The largest absolute Gasteiger partial charge is 0.392 e. The van der Waals surface area contributed by atoms with Crippen LogP contribution in [0.5, 0.6) is 0 Å². The van der Waals surface area contributed by atoms with Crippen LogP contribution in [-0.2, 0) is 16.6 Å². The number of hydrogen-bond acceptors (Lipinski definition) is 3. The summed E-state index contributed by atoms with van der Waals surface area (Å²) in [4.78, 5) is -0.0688. The first-order valence-corrected chi connectivity index (χ1v) is 8.55. The Labute approximate surface area is 130 Å². The fourth-order valence-corrected chi connectivity index (χ4v) is 4.08. The molecular formula is C13H19Cl2NO3S. The average Bonchev–Trinajstić information content (AvgIpc) is 2.38. The second-order valence-corrected chi connectivity index (χ2v) is 7.37. The third-order valence-corrected chi connectivity index (χ3v) is 5.96. The van der Waals surface area contributed by atoms with Gasteiger partial charge in [-0.1, -0.05) is 37.0 Å². The van der Waals surface area contributed by atoms with Crippen molar-refractivity contribution in [3.8, 4) is 0 Å². The van der Waals surface area contributed by atoms with Crippen molar-refractivity contribution in [2.45, 2.75) is 50.7 Å². The van der Waals surface area contributed by atoms with Gasteiger partial charge in [0.1, 0.15) is 4.90 Å². The van der Waals surface area contributed by atoms with E-state index in [2.05, 4.69) is 4.72 Å². The van der Waals surface area contributed by atoms with Gasteiger partial charge in [0.25, 0.3) is 0 Å². The normalized spacial score (nSPS) is 12.7. The Morgan fingerprint density at radius 2 is 1.75 bits per heavy atom. The molecule has 0 radical (unpaired) electrons. The van der Waals surface area contributed by atoms with Gasteiger partial charge in [-0.05, 0) is 37.5 Å². The summed E-state index contributed by atoms with van der Waals surface area (Å²) >= 11 is 11.9. The van der Waals surface area contributed by atoms with Crippen LogP contribution in [0.3, 0.4) is 0 Å². The summed E-state index contributed by atoms with van der Waals surface area (Å²) in [5, 5.41) is 9.46. The Hall–Kier alpha value is -0.330. The number of aliphatic hydroxyl groups is 1. The van der Waals surface area contributed by atoms with Gasteiger partial charge in [-0.25, -0.2) is 13.1 Å². The molecule has 0 fully saturated rings. The summed E-state index contributed by atoms with van der Waals surface area (Å²) in [5.41, 5.74) is -0.215. The summed E-state index contributed by atoms with van der Waals surface area (Å²) in [6.07, 6.45) is 1.31. The molecule has 114 valence electrons. The highest BCUT2D eigenvalue weighted by Crippen LogP contribution is 2.30. The summed E-state index contributed by atoms with van der Waals surface area (Å²) in [7, 11) is -3.77. The number of nitrogens with one attached hydrogen (secondary N) is 1. The molecule has 0 aromatic heterocycles. The van der Waals surface area contributed by atoms with Gasteiger partial charge in [-0.2, -0.15) is 0 Å². The van der Waals surface area contributed by atoms with E-state index in [0.717, 1.165) is 0 Å². The summed E-state index contributed by atoms with van der Waals surface area (Å²) in [5.74, 6) is 0. The second-order valence-electron chi connectivity index (χ2n) is 4.91. The van der Waals surface area contributed by atoms with Crippen molar-refractivity contribution in [3.05, 3.63) is 27.7 Å². The first-order valence-electron chi connectivity index (χ1n) is 6.32. The molecule has 7 heteroatoms. The number of aliphatic hydroxyl groups excluding tert-OH is 1. The molecule has 0 spiro atoms. The van der Waals surface area contributed by atoms with Crippen molar-refractivity contribution in [3.63, 3.8) is 0 Å². The Balaban J connectivity index is 3.29. The third-order valence-electron chi connectivity index (χ3n) is 3.50. The molecule has 0 amide bonds. The monoisotopic (exact) mass is 339 g/mol. The van der Waals surface area contributed by atoms with Crippen molar-refractivity contribution < 1.29 is 13.5 Å². The molecule has 0 unspecified atom stereocenters. The minimum atomic E-state index is -3.77. The Kier molecular flexibility index (Phi) is 5.87. The van der Waals surface area contributed by atoms with Gasteiger partial charge < -0.3 is 5.11 Å². The number of sulfonamides is 1. The SMILES string of the molecule is CCC(C)(CC)NS(=O)(=O)c1cc(CO)c(Cl)cc1Cl. The Morgan fingerprint density at radius 3 is 2.20 bits per heavy atom. The van der Waals surface area contributed by atoms with E-state index in [1.165, 1.54) is 12.1 Å². The zero-order valence-corrected chi connectivity index (χ0v) is 14.0. The summed E-state index contributed by atoms with van der Waals surface area (Å²) in [6, 6.07) is 2.64. The first-order chi connectivity index (χ1) is 9.19. The quantitative estimate of drug-likeness (QED) is 0.835. The number of benzene rings is 1. The molecule has 0 aliphatic carbocycles. The van der Waals surface area contributed by atoms with Crippen LogP contribution in [0, 0.1) is 0 Å². The highest BCUT2D eigenvalue weighted by Gasteiger charge is 2.29. The van der Waals surface area contributed by atoms with Crippen LogP contribution >= 0.6 is 23.2 Å². The van der Waals surface area contributed by atoms with E-state index in [1.807, 2.05) is 20.8 Å². The predicted molar refractivity (Wildman–Crippen MR) is 81.7 cm³/mol. The maximum Gasteiger partial charge on any atom is 0.242 e. The lowest BCUT2D eigenvalue weighted by molar-refractivity contribution is 0.281. The van der Waals surface area contributed by atoms with Crippen LogP contribution in [0.1, 0.15) is 39.2 Å². The molecule has 0 aliphatic rings. The van der Waals surface area contributed by atoms with Gasteiger partial charge in [0.2, 0.25) is 10.0 Å².